The van der Waals surface area contributed by atoms with Crippen LogP contribution in [-0.2, 0) is 17.7 Å². The van der Waals surface area contributed by atoms with Crippen LogP contribution >= 0.6 is 0 Å². The highest BCUT2D eigenvalue weighted by atomic mass is 16.5. The highest BCUT2D eigenvalue weighted by Gasteiger charge is 2.19. The van der Waals surface area contributed by atoms with E-state index in [1.807, 2.05) is 30.3 Å². The number of hydrogen-bond acceptors (Lipinski definition) is 6. The zero-order chi connectivity index (χ0) is 21.2. The van der Waals surface area contributed by atoms with Crippen molar-refractivity contribution in [1.82, 2.24) is 9.80 Å². The van der Waals surface area contributed by atoms with Gasteiger partial charge in [-0.25, -0.2) is 0 Å². The Morgan fingerprint density at radius 2 is 1.80 bits per heavy atom. The summed E-state index contributed by atoms with van der Waals surface area (Å²) in [5, 5.41) is 10.8. The Hall–Kier alpha value is -2.12. The molecule has 1 heterocycles. The van der Waals surface area contributed by atoms with E-state index in [1.165, 1.54) is 0 Å². The molecule has 0 bridgehead atoms. The third-order valence-electron chi connectivity index (χ3n) is 5.50. The first-order valence-electron chi connectivity index (χ1n) is 10.6. The first kappa shape index (κ1) is 22.6. The molecule has 164 valence electrons. The van der Waals surface area contributed by atoms with Gasteiger partial charge in [-0.2, -0.15) is 0 Å². The lowest BCUT2D eigenvalue weighted by molar-refractivity contribution is 0.0291. The molecule has 1 N–H and O–H groups in total. The fraction of sp³-hybridized carbons (Fsp3) is 0.500. The minimum atomic E-state index is -0.436. The van der Waals surface area contributed by atoms with Crippen molar-refractivity contribution in [2.45, 2.75) is 19.1 Å². The van der Waals surface area contributed by atoms with Crippen LogP contribution in [0.1, 0.15) is 11.1 Å². The summed E-state index contributed by atoms with van der Waals surface area (Å²) < 4.78 is 16.5. The van der Waals surface area contributed by atoms with Gasteiger partial charge in [0.25, 0.3) is 0 Å². The van der Waals surface area contributed by atoms with Gasteiger partial charge >= 0.3 is 0 Å². The Bertz CT molecular complexity index is 750. The van der Waals surface area contributed by atoms with E-state index in [4.69, 9.17) is 14.2 Å². The predicted octanol–water partition coefficient (Wildman–Crippen LogP) is 2.44. The number of hydrogen-bond donors (Lipinski definition) is 1. The fourth-order valence-corrected chi connectivity index (χ4v) is 3.91. The summed E-state index contributed by atoms with van der Waals surface area (Å²) in [4.78, 5) is 4.73. The van der Waals surface area contributed by atoms with Gasteiger partial charge in [0.2, 0.25) is 0 Å². The molecule has 0 aliphatic carbocycles. The molecule has 6 heteroatoms. The lowest BCUT2D eigenvalue weighted by Gasteiger charge is -2.31. The fourth-order valence-electron chi connectivity index (χ4n) is 3.91. The number of para-hydroxylation sites is 1. The molecule has 1 atom stereocenters. The predicted molar refractivity (Wildman–Crippen MR) is 118 cm³/mol. The van der Waals surface area contributed by atoms with Crippen molar-refractivity contribution < 1.29 is 19.3 Å². The summed E-state index contributed by atoms with van der Waals surface area (Å²) in [5.41, 5.74) is 2.21. The number of nitrogens with zero attached hydrogens (tertiary/aromatic N) is 2. The molecular formula is C24H34N2O4. The molecule has 2 aromatic carbocycles. The van der Waals surface area contributed by atoms with Gasteiger partial charge < -0.3 is 19.3 Å². The Balaban J connectivity index is 1.68. The Morgan fingerprint density at radius 3 is 2.50 bits per heavy atom. The van der Waals surface area contributed by atoms with Crippen molar-refractivity contribution >= 4 is 0 Å². The van der Waals surface area contributed by atoms with E-state index >= 15 is 0 Å². The molecule has 30 heavy (non-hydrogen) atoms. The van der Waals surface area contributed by atoms with Crippen LogP contribution in [0.15, 0.2) is 48.5 Å². The Labute approximate surface area is 180 Å². The van der Waals surface area contributed by atoms with Crippen LogP contribution in [0, 0.1) is 0 Å². The van der Waals surface area contributed by atoms with Crippen molar-refractivity contribution in [2.24, 2.45) is 0 Å². The molecule has 0 aromatic heterocycles. The minimum Gasteiger partial charge on any atom is -0.493 e. The molecule has 6 nitrogen and oxygen atoms in total. The van der Waals surface area contributed by atoms with Crippen molar-refractivity contribution in [3.8, 4) is 11.5 Å². The zero-order valence-corrected chi connectivity index (χ0v) is 18.1. The van der Waals surface area contributed by atoms with Crippen LogP contribution in [0.5, 0.6) is 11.5 Å². The lowest BCUT2D eigenvalue weighted by atomic mass is 10.1. The van der Waals surface area contributed by atoms with E-state index in [0.717, 1.165) is 62.0 Å². The van der Waals surface area contributed by atoms with E-state index < -0.39 is 6.10 Å². The molecule has 3 rings (SSSR count). The summed E-state index contributed by atoms with van der Waals surface area (Å²) in [5.74, 6) is 1.49. The molecule has 1 unspecified atom stereocenters. The number of ether oxygens (including phenoxy) is 3. The van der Waals surface area contributed by atoms with Gasteiger partial charge in [-0.1, -0.05) is 42.5 Å². The van der Waals surface area contributed by atoms with E-state index in [-0.39, 0.29) is 0 Å². The van der Waals surface area contributed by atoms with E-state index in [1.54, 1.807) is 14.2 Å². The molecule has 1 fully saturated rings. The molecule has 1 aliphatic heterocycles. The highest BCUT2D eigenvalue weighted by Crippen LogP contribution is 2.31. The van der Waals surface area contributed by atoms with Gasteiger partial charge in [-0.05, 0) is 18.1 Å². The number of morpholine rings is 1. The second-order valence-electron chi connectivity index (χ2n) is 7.69. The molecule has 1 saturated heterocycles. The zero-order valence-electron chi connectivity index (χ0n) is 18.1. The normalized spacial score (nSPS) is 15.9. The summed E-state index contributed by atoms with van der Waals surface area (Å²) in [6, 6.07) is 16.1. The summed E-state index contributed by atoms with van der Waals surface area (Å²) in [6.07, 6.45) is 0.207. The van der Waals surface area contributed by atoms with E-state index in [0.29, 0.717) is 19.5 Å². The lowest BCUT2D eigenvalue weighted by Crippen LogP contribution is -2.43. The number of aliphatic hydroxyl groups excluding tert-OH is 1. The number of benzene rings is 2. The number of rotatable bonds is 11. The van der Waals surface area contributed by atoms with Crippen LogP contribution in [0.2, 0.25) is 0 Å². The summed E-state index contributed by atoms with van der Waals surface area (Å²) >= 11 is 0. The van der Waals surface area contributed by atoms with Gasteiger partial charge in [0.1, 0.15) is 0 Å². The van der Waals surface area contributed by atoms with Crippen LogP contribution in [0.4, 0.5) is 0 Å². The second kappa shape index (κ2) is 11.9. The maximum absolute atomic E-state index is 10.8. The van der Waals surface area contributed by atoms with Gasteiger partial charge in [0, 0.05) is 44.8 Å². The maximum atomic E-state index is 10.8. The molecule has 0 saturated carbocycles. The minimum absolute atomic E-state index is 0.436. The van der Waals surface area contributed by atoms with Gasteiger partial charge in [-0.3, -0.25) is 9.80 Å². The van der Waals surface area contributed by atoms with E-state index in [9.17, 15) is 5.11 Å². The van der Waals surface area contributed by atoms with E-state index in [2.05, 4.69) is 28.0 Å². The standard InChI is InChI=1S/C24H34N2O4/c1-28-23-10-6-9-21(24(23)29-2)18-26(12-11-25-13-15-30-16-14-25)19-22(27)17-20-7-4-3-5-8-20/h3-10,22,27H,11-19H2,1-2H3. The third-order valence-corrected chi connectivity index (χ3v) is 5.50. The highest BCUT2D eigenvalue weighted by molar-refractivity contribution is 5.46. The number of aliphatic hydroxyl groups is 1. The third kappa shape index (κ3) is 6.71. The smallest absolute Gasteiger partial charge is 0.165 e. The maximum Gasteiger partial charge on any atom is 0.165 e. The topological polar surface area (TPSA) is 54.4 Å². The molecule has 2 aromatic rings. The quantitative estimate of drug-likeness (QED) is 0.610. The van der Waals surface area contributed by atoms with Gasteiger partial charge in [0.15, 0.2) is 11.5 Å². The molecule has 0 amide bonds. The summed E-state index contributed by atoms with van der Waals surface area (Å²) in [7, 11) is 3.32. The van der Waals surface area contributed by atoms with Crippen molar-refractivity contribution in [1.29, 1.82) is 0 Å². The van der Waals surface area contributed by atoms with Crippen LogP contribution in [0.25, 0.3) is 0 Å². The first-order valence-corrected chi connectivity index (χ1v) is 10.6. The molecular weight excluding hydrogens is 380 g/mol. The first-order chi connectivity index (χ1) is 14.7. The van der Waals surface area contributed by atoms with Crippen LogP contribution in [-0.4, -0.2) is 81.2 Å². The average Bonchev–Trinajstić information content (AvgIpc) is 2.78. The monoisotopic (exact) mass is 414 g/mol. The second-order valence-corrected chi connectivity index (χ2v) is 7.69. The average molecular weight is 415 g/mol. The molecule has 0 radical (unpaired) electrons. The Kier molecular flexibility index (Phi) is 8.96. The Morgan fingerprint density at radius 1 is 1.03 bits per heavy atom. The van der Waals surface area contributed by atoms with Gasteiger partial charge in [-0.15, -0.1) is 0 Å². The SMILES string of the molecule is COc1cccc(CN(CCN2CCOCC2)CC(O)Cc2ccccc2)c1OC. The van der Waals surface area contributed by atoms with Crippen molar-refractivity contribution in [2.75, 3.05) is 60.2 Å². The molecule has 1 aliphatic rings. The largest absolute Gasteiger partial charge is 0.493 e. The van der Waals surface area contributed by atoms with Crippen LogP contribution in [0.3, 0.4) is 0 Å². The van der Waals surface area contributed by atoms with Crippen molar-refractivity contribution in [3.05, 3.63) is 59.7 Å². The van der Waals surface area contributed by atoms with Crippen molar-refractivity contribution in [3.63, 3.8) is 0 Å². The molecule has 0 spiro atoms. The number of methoxy groups -OCH3 is 2. The van der Waals surface area contributed by atoms with Gasteiger partial charge in [0.05, 0.1) is 33.5 Å². The van der Waals surface area contributed by atoms with Crippen LogP contribution < -0.4 is 9.47 Å². The summed E-state index contributed by atoms with van der Waals surface area (Å²) in [6.45, 7) is 6.61.